The molecule has 0 heterocycles. The summed E-state index contributed by atoms with van der Waals surface area (Å²) in [6.45, 7) is 8.08. The Labute approximate surface area is 169 Å². The van der Waals surface area contributed by atoms with Crippen LogP contribution < -0.4 is 5.32 Å². The molecule has 6 heteroatoms. The van der Waals surface area contributed by atoms with Gasteiger partial charge < -0.3 is 18.6 Å². The predicted octanol–water partition coefficient (Wildman–Crippen LogP) is 4.41. The lowest BCUT2D eigenvalue weighted by atomic mass is 10.1. The van der Waals surface area contributed by atoms with Gasteiger partial charge in [0.05, 0.1) is 0 Å². The molecule has 152 valence electrons. The van der Waals surface area contributed by atoms with Gasteiger partial charge >= 0.3 is 8.80 Å². The molecule has 0 bridgehead atoms. The van der Waals surface area contributed by atoms with Crippen LogP contribution in [0.3, 0.4) is 0 Å². The molecule has 0 fully saturated rings. The van der Waals surface area contributed by atoms with Gasteiger partial charge in [0.25, 0.3) is 0 Å². The molecule has 2 aromatic carbocycles. The smallest absolute Gasteiger partial charge is 0.374 e. The van der Waals surface area contributed by atoms with Crippen LogP contribution in [0.5, 0.6) is 0 Å². The van der Waals surface area contributed by atoms with Crippen molar-refractivity contribution in [1.82, 2.24) is 5.32 Å². The average molecular weight is 402 g/mol. The van der Waals surface area contributed by atoms with Gasteiger partial charge in [-0.05, 0) is 55.7 Å². The minimum Gasteiger partial charge on any atom is -0.374 e. The summed E-state index contributed by atoms with van der Waals surface area (Å²) in [4.78, 5) is 12.1. The zero-order valence-electron chi connectivity index (χ0n) is 17.1. The third-order valence-corrected chi connectivity index (χ3v) is 7.40. The number of hydrogen-bond donors (Lipinski definition) is 1. The first kappa shape index (κ1) is 22.3. The minimum atomic E-state index is -2.63. The number of carbonyl (C=O) groups is 1. The summed E-state index contributed by atoms with van der Waals surface area (Å²) in [6.07, 6.45) is 4.16. The second-order valence-corrected chi connectivity index (χ2v) is 9.05. The van der Waals surface area contributed by atoms with E-state index < -0.39 is 8.80 Å². The lowest BCUT2D eigenvalue weighted by Crippen LogP contribution is -2.46. The van der Waals surface area contributed by atoms with Gasteiger partial charge in [0.1, 0.15) is 0 Å². The van der Waals surface area contributed by atoms with E-state index in [0.29, 0.717) is 32.4 Å². The van der Waals surface area contributed by atoms with Crippen LogP contribution in [0.2, 0.25) is 6.04 Å². The Morgan fingerprint density at radius 3 is 2.25 bits per heavy atom. The molecule has 0 atom stereocenters. The molecular formula is C22H31NO4Si. The molecule has 0 aliphatic heterocycles. The second kappa shape index (κ2) is 11.8. The standard InChI is InChI=1S/C22H31NO4Si/c1-4-25-28(26-5-2,27-6-3)17-9-16-23-22(24)15-13-19-12-14-20-10-7-8-11-21(20)18-19/h7-8,10-15,18H,4-6,9,16-17H2,1-3H3,(H,23,24)/b15-13+. The quantitative estimate of drug-likeness (QED) is 0.325. The summed E-state index contributed by atoms with van der Waals surface area (Å²) in [6, 6.07) is 15.0. The van der Waals surface area contributed by atoms with Crippen LogP contribution in [0.4, 0.5) is 0 Å². The van der Waals surface area contributed by atoms with Gasteiger partial charge in [-0.25, -0.2) is 0 Å². The molecule has 0 aliphatic rings. The molecule has 0 aromatic heterocycles. The molecule has 0 spiro atoms. The van der Waals surface area contributed by atoms with Crippen LogP contribution >= 0.6 is 0 Å². The number of carbonyl (C=O) groups excluding carboxylic acids is 1. The van der Waals surface area contributed by atoms with E-state index in [9.17, 15) is 4.79 Å². The predicted molar refractivity (Wildman–Crippen MR) is 116 cm³/mol. The Morgan fingerprint density at radius 2 is 1.61 bits per heavy atom. The first-order chi connectivity index (χ1) is 13.6. The Balaban J connectivity index is 1.82. The van der Waals surface area contributed by atoms with Gasteiger partial charge in [0, 0.05) is 38.5 Å². The molecule has 0 unspecified atom stereocenters. The Bertz CT molecular complexity index is 761. The SMILES string of the molecule is CCO[Si](CCCNC(=O)/C=C/c1ccc2ccccc2c1)(OCC)OCC. The molecule has 1 amide bonds. The molecule has 0 saturated carbocycles. The van der Waals surface area contributed by atoms with Gasteiger partial charge in [-0.15, -0.1) is 0 Å². The van der Waals surface area contributed by atoms with Crippen LogP contribution in [0.1, 0.15) is 32.8 Å². The highest BCUT2D eigenvalue weighted by molar-refractivity contribution is 6.60. The average Bonchev–Trinajstić information content (AvgIpc) is 2.70. The van der Waals surface area contributed by atoms with Gasteiger partial charge in [-0.3, -0.25) is 4.79 Å². The van der Waals surface area contributed by atoms with Crippen molar-refractivity contribution in [2.75, 3.05) is 26.4 Å². The normalized spacial score (nSPS) is 12.0. The largest absolute Gasteiger partial charge is 0.500 e. The fourth-order valence-electron chi connectivity index (χ4n) is 3.06. The van der Waals surface area contributed by atoms with Crippen molar-refractivity contribution < 1.29 is 18.1 Å². The molecule has 2 aromatic rings. The Kier molecular flexibility index (Phi) is 9.37. The molecule has 0 radical (unpaired) electrons. The number of benzene rings is 2. The van der Waals surface area contributed by atoms with E-state index in [1.54, 1.807) is 6.08 Å². The summed E-state index contributed by atoms with van der Waals surface area (Å²) in [7, 11) is -2.63. The van der Waals surface area contributed by atoms with E-state index in [-0.39, 0.29) is 5.91 Å². The molecule has 1 N–H and O–H groups in total. The summed E-state index contributed by atoms with van der Waals surface area (Å²) in [5.41, 5.74) is 1.00. The van der Waals surface area contributed by atoms with E-state index >= 15 is 0 Å². The second-order valence-electron chi connectivity index (χ2n) is 6.32. The van der Waals surface area contributed by atoms with Crippen LogP contribution in [-0.2, 0) is 18.1 Å². The van der Waals surface area contributed by atoms with Crippen LogP contribution in [0.15, 0.2) is 48.5 Å². The van der Waals surface area contributed by atoms with Crippen LogP contribution in [-0.4, -0.2) is 41.1 Å². The van der Waals surface area contributed by atoms with E-state index in [1.165, 1.54) is 5.39 Å². The summed E-state index contributed by atoms with van der Waals surface area (Å²) in [5.74, 6) is -0.107. The fourth-order valence-corrected chi connectivity index (χ4v) is 5.67. The number of rotatable bonds is 12. The van der Waals surface area contributed by atoms with E-state index in [4.69, 9.17) is 13.3 Å². The summed E-state index contributed by atoms with van der Waals surface area (Å²) in [5, 5.41) is 5.27. The van der Waals surface area contributed by atoms with Crippen molar-refractivity contribution >= 4 is 31.6 Å². The van der Waals surface area contributed by atoms with E-state index in [1.807, 2.05) is 45.0 Å². The zero-order chi connectivity index (χ0) is 20.2. The lowest BCUT2D eigenvalue weighted by Gasteiger charge is -2.28. The zero-order valence-corrected chi connectivity index (χ0v) is 18.1. The van der Waals surface area contributed by atoms with Crippen LogP contribution in [0, 0.1) is 0 Å². The van der Waals surface area contributed by atoms with Crippen molar-refractivity contribution in [2.45, 2.75) is 33.2 Å². The van der Waals surface area contributed by atoms with Gasteiger partial charge in [0.2, 0.25) is 5.91 Å². The van der Waals surface area contributed by atoms with Crippen molar-refractivity contribution in [2.24, 2.45) is 0 Å². The fraction of sp³-hybridized carbons (Fsp3) is 0.409. The minimum absolute atomic E-state index is 0.107. The molecule has 5 nitrogen and oxygen atoms in total. The van der Waals surface area contributed by atoms with Gasteiger partial charge in [-0.1, -0.05) is 36.4 Å². The Hall–Kier alpha value is -1.99. The van der Waals surface area contributed by atoms with Crippen molar-refractivity contribution in [1.29, 1.82) is 0 Å². The highest BCUT2D eigenvalue weighted by Crippen LogP contribution is 2.18. The van der Waals surface area contributed by atoms with E-state index in [2.05, 4.69) is 29.6 Å². The number of fused-ring (bicyclic) bond motifs is 1. The maximum absolute atomic E-state index is 12.1. The van der Waals surface area contributed by atoms with Gasteiger partial charge in [0.15, 0.2) is 0 Å². The first-order valence-electron chi connectivity index (χ1n) is 9.99. The monoisotopic (exact) mass is 401 g/mol. The number of nitrogens with one attached hydrogen (secondary N) is 1. The molecule has 28 heavy (non-hydrogen) atoms. The number of amides is 1. The van der Waals surface area contributed by atoms with Crippen molar-refractivity contribution in [3.8, 4) is 0 Å². The molecule has 0 aliphatic carbocycles. The van der Waals surface area contributed by atoms with Gasteiger partial charge in [-0.2, -0.15) is 0 Å². The van der Waals surface area contributed by atoms with Crippen LogP contribution in [0.25, 0.3) is 16.8 Å². The summed E-state index contributed by atoms with van der Waals surface area (Å²) < 4.78 is 17.5. The third kappa shape index (κ3) is 6.87. The van der Waals surface area contributed by atoms with E-state index in [0.717, 1.165) is 17.4 Å². The molecule has 0 saturated heterocycles. The molecule has 2 rings (SSSR count). The summed E-state index contributed by atoms with van der Waals surface area (Å²) >= 11 is 0. The highest BCUT2D eigenvalue weighted by Gasteiger charge is 2.39. The Morgan fingerprint density at radius 1 is 0.964 bits per heavy atom. The third-order valence-electron chi connectivity index (χ3n) is 4.25. The number of hydrogen-bond acceptors (Lipinski definition) is 4. The topological polar surface area (TPSA) is 56.8 Å². The first-order valence-corrected chi connectivity index (χ1v) is 11.9. The lowest BCUT2D eigenvalue weighted by molar-refractivity contribution is -0.116. The van der Waals surface area contributed by atoms with Crippen molar-refractivity contribution in [3.05, 3.63) is 54.1 Å². The highest BCUT2D eigenvalue weighted by atomic mass is 28.4. The maximum Gasteiger partial charge on any atom is 0.500 e. The van der Waals surface area contributed by atoms with Crippen molar-refractivity contribution in [3.63, 3.8) is 0 Å². The maximum atomic E-state index is 12.1. The molecular weight excluding hydrogens is 370 g/mol.